The summed E-state index contributed by atoms with van der Waals surface area (Å²) in [5.41, 5.74) is 2.25. The van der Waals surface area contributed by atoms with Crippen LogP contribution in [0.5, 0.6) is 0 Å². The summed E-state index contributed by atoms with van der Waals surface area (Å²) in [7, 11) is 0. The number of likely N-dealkylation sites (tertiary alicyclic amines) is 1. The summed E-state index contributed by atoms with van der Waals surface area (Å²) >= 11 is 6.15. The van der Waals surface area contributed by atoms with E-state index in [-0.39, 0.29) is 0 Å². The smallest absolute Gasteiger partial charge is 0.124 e. The van der Waals surface area contributed by atoms with Crippen molar-refractivity contribution in [1.82, 2.24) is 14.5 Å². The Hall–Kier alpha value is -1.06. The van der Waals surface area contributed by atoms with Crippen LogP contribution in [0, 0.1) is 0 Å². The number of aromatic nitrogens is 2. The molecule has 1 aromatic carbocycles. The predicted molar refractivity (Wildman–Crippen MR) is 84.2 cm³/mol. The van der Waals surface area contributed by atoms with Crippen LogP contribution >= 0.6 is 11.6 Å². The van der Waals surface area contributed by atoms with Crippen molar-refractivity contribution in [3.05, 3.63) is 29.0 Å². The van der Waals surface area contributed by atoms with Crippen LogP contribution in [0.3, 0.4) is 0 Å². The molecule has 0 bridgehead atoms. The SMILES string of the molecule is CCCCn1c(CN2CCCC2)nc2ccc(Cl)cc21. The van der Waals surface area contributed by atoms with Crippen molar-refractivity contribution in [2.75, 3.05) is 13.1 Å². The molecule has 4 heteroatoms. The minimum absolute atomic E-state index is 0.794. The van der Waals surface area contributed by atoms with E-state index >= 15 is 0 Å². The highest BCUT2D eigenvalue weighted by Crippen LogP contribution is 2.23. The number of hydrogen-bond donors (Lipinski definition) is 0. The fraction of sp³-hybridized carbons (Fsp3) is 0.562. The molecule has 108 valence electrons. The standard InChI is InChI=1S/C16H22ClN3/c1-2-3-10-20-15-11-13(17)6-7-14(15)18-16(20)12-19-8-4-5-9-19/h6-7,11H,2-5,8-10,12H2,1H3. The van der Waals surface area contributed by atoms with E-state index in [9.17, 15) is 0 Å². The predicted octanol–water partition coefficient (Wildman–Crippen LogP) is 4.09. The van der Waals surface area contributed by atoms with Crippen molar-refractivity contribution in [3.8, 4) is 0 Å². The van der Waals surface area contributed by atoms with Crippen molar-refractivity contribution in [2.24, 2.45) is 0 Å². The van der Waals surface area contributed by atoms with Gasteiger partial charge in [0.1, 0.15) is 5.82 Å². The highest BCUT2D eigenvalue weighted by atomic mass is 35.5. The number of halogens is 1. The molecule has 0 unspecified atom stereocenters. The molecule has 0 atom stereocenters. The zero-order chi connectivity index (χ0) is 13.9. The first-order chi connectivity index (χ1) is 9.78. The lowest BCUT2D eigenvalue weighted by Gasteiger charge is -2.15. The number of fused-ring (bicyclic) bond motifs is 1. The van der Waals surface area contributed by atoms with Gasteiger partial charge in [0.25, 0.3) is 0 Å². The first-order valence-corrected chi connectivity index (χ1v) is 8.02. The van der Waals surface area contributed by atoms with Crippen LogP contribution in [-0.2, 0) is 13.1 Å². The zero-order valence-electron chi connectivity index (χ0n) is 12.1. The number of aryl methyl sites for hydroxylation is 1. The molecule has 1 saturated heterocycles. The Morgan fingerprint density at radius 3 is 2.80 bits per heavy atom. The molecule has 1 aliphatic rings. The lowest BCUT2D eigenvalue weighted by Crippen LogP contribution is -2.21. The molecular weight excluding hydrogens is 270 g/mol. The van der Waals surface area contributed by atoms with Gasteiger partial charge in [-0.05, 0) is 50.6 Å². The van der Waals surface area contributed by atoms with Gasteiger partial charge >= 0.3 is 0 Å². The van der Waals surface area contributed by atoms with Gasteiger partial charge in [0.2, 0.25) is 0 Å². The van der Waals surface area contributed by atoms with Crippen LogP contribution in [0.25, 0.3) is 11.0 Å². The third kappa shape index (κ3) is 2.84. The normalized spacial score (nSPS) is 16.3. The van der Waals surface area contributed by atoms with Gasteiger partial charge in [0.05, 0.1) is 17.6 Å². The summed E-state index contributed by atoms with van der Waals surface area (Å²) in [6.45, 7) is 6.65. The van der Waals surface area contributed by atoms with Crippen LogP contribution in [0.4, 0.5) is 0 Å². The Bertz CT molecular complexity index is 585. The van der Waals surface area contributed by atoms with E-state index in [1.807, 2.05) is 18.2 Å². The average molecular weight is 292 g/mol. The molecule has 3 rings (SSSR count). The quantitative estimate of drug-likeness (QED) is 0.827. The summed E-state index contributed by atoms with van der Waals surface area (Å²) in [6.07, 6.45) is 5.02. The zero-order valence-corrected chi connectivity index (χ0v) is 12.9. The second kappa shape index (κ2) is 6.15. The Labute approximate surface area is 125 Å². The topological polar surface area (TPSA) is 21.1 Å². The van der Waals surface area contributed by atoms with E-state index in [1.165, 1.54) is 50.1 Å². The molecule has 0 radical (unpaired) electrons. The number of hydrogen-bond acceptors (Lipinski definition) is 2. The van der Waals surface area contributed by atoms with Crippen molar-refractivity contribution in [3.63, 3.8) is 0 Å². The number of nitrogens with zero attached hydrogens (tertiary/aromatic N) is 3. The third-order valence-corrected chi connectivity index (χ3v) is 4.32. The molecule has 2 aromatic rings. The summed E-state index contributed by atoms with van der Waals surface area (Å²) in [6, 6.07) is 6.02. The molecular formula is C16H22ClN3. The molecule has 0 spiro atoms. The maximum atomic E-state index is 6.15. The molecule has 2 heterocycles. The van der Waals surface area contributed by atoms with Crippen molar-refractivity contribution < 1.29 is 0 Å². The van der Waals surface area contributed by atoms with Crippen LogP contribution in [0.2, 0.25) is 5.02 Å². The van der Waals surface area contributed by atoms with Crippen LogP contribution in [0.15, 0.2) is 18.2 Å². The number of benzene rings is 1. The summed E-state index contributed by atoms with van der Waals surface area (Å²) in [5, 5.41) is 0.794. The van der Waals surface area contributed by atoms with E-state index < -0.39 is 0 Å². The fourth-order valence-electron chi connectivity index (χ4n) is 2.97. The van der Waals surface area contributed by atoms with Crippen LogP contribution in [-0.4, -0.2) is 27.5 Å². The highest BCUT2D eigenvalue weighted by molar-refractivity contribution is 6.31. The van der Waals surface area contributed by atoms with E-state index in [2.05, 4.69) is 16.4 Å². The van der Waals surface area contributed by atoms with E-state index in [1.54, 1.807) is 0 Å². The van der Waals surface area contributed by atoms with E-state index in [0.717, 1.165) is 23.6 Å². The molecule has 0 N–H and O–H groups in total. The van der Waals surface area contributed by atoms with E-state index in [4.69, 9.17) is 16.6 Å². The highest BCUT2D eigenvalue weighted by Gasteiger charge is 2.17. The van der Waals surface area contributed by atoms with Gasteiger partial charge in [-0.3, -0.25) is 4.90 Å². The number of rotatable bonds is 5. The van der Waals surface area contributed by atoms with E-state index in [0.29, 0.717) is 0 Å². The van der Waals surface area contributed by atoms with Crippen molar-refractivity contribution in [1.29, 1.82) is 0 Å². The fourth-order valence-corrected chi connectivity index (χ4v) is 3.14. The average Bonchev–Trinajstić information content (AvgIpc) is 3.05. The summed E-state index contributed by atoms with van der Waals surface area (Å²) in [4.78, 5) is 7.34. The van der Waals surface area contributed by atoms with Gasteiger partial charge in [-0.25, -0.2) is 4.98 Å². The lowest BCUT2D eigenvalue weighted by molar-refractivity contribution is 0.316. The number of unbranched alkanes of at least 4 members (excludes halogenated alkanes) is 1. The number of imidazole rings is 1. The Morgan fingerprint density at radius 2 is 2.05 bits per heavy atom. The van der Waals surface area contributed by atoms with Crippen molar-refractivity contribution in [2.45, 2.75) is 45.7 Å². The molecule has 20 heavy (non-hydrogen) atoms. The molecule has 0 aliphatic carbocycles. The molecule has 1 aromatic heterocycles. The minimum atomic E-state index is 0.794. The van der Waals surface area contributed by atoms with Gasteiger partial charge in [-0.15, -0.1) is 0 Å². The largest absolute Gasteiger partial charge is 0.327 e. The maximum Gasteiger partial charge on any atom is 0.124 e. The molecule has 0 saturated carbocycles. The Kier molecular flexibility index (Phi) is 4.27. The molecule has 0 amide bonds. The minimum Gasteiger partial charge on any atom is -0.327 e. The van der Waals surface area contributed by atoms with Gasteiger partial charge in [0.15, 0.2) is 0 Å². The Balaban J connectivity index is 1.95. The Morgan fingerprint density at radius 1 is 1.25 bits per heavy atom. The monoisotopic (exact) mass is 291 g/mol. The maximum absolute atomic E-state index is 6.15. The third-order valence-electron chi connectivity index (χ3n) is 4.09. The van der Waals surface area contributed by atoms with Gasteiger partial charge in [0, 0.05) is 11.6 Å². The second-order valence-electron chi connectivity index (χ2n) is 5.65. The van der Waals surface area contributed by atoms with Crippen LogP contribution in [0.1, 0.15) is 38.4 Å². The van der Waals surface area contributed by atoms with Gasteiger partial charge in [-0.1, -0.05) is 24.9 Å². The summed E-state index contributed by atoms with van der Waals surface area (Å²) in [5.74, 6) is 1.19. The second-order valence-corrected chi connectivity index (χ2v) is 6.09. The molecule has 3 nitrogen and oxygen atoms in total. The van der Waals surface area contributed by atoms with Gasteiger partial charge < -0.3 is 4.57 Å². The molecule has 1 fully saturated rings. The lowest BCUT2D eigenvalue weighted by atomic mass is 10.3. The first-order valence-electron chi connectivity index (χ1n) is 7.65. The first kappa shape index (κ1) is 13.9. The van der Waals surface area contributed by atoms with Crippen molar-refractivity contribution >= 4 is 22.6 Å². The summed E-state index contributed by atoms with van der Waals surface area (Å²) < 4.78 is 2.36. The van der Waals surface area contributed by atoms with Crippen LogP contribution < -0.4 is 0 Å². The van der Waals surface area contributed by atoms with Gasteiger partial charge in [-0.2, -0.15) is 0 Å². The molecule has 1 aliphatic heterocycles.